The molecule has 0 spiro atoms. The number of aliphatic hydroxyl groups is 1. The highest BCUT2D eigenvalue weighted by atomic mass is 16.6. The summed E-state index contributed by atoms with van der Waals surface area (Å²) >= 11 is 0. The second-order valence-corrected chi connectivity index (χ2v) is 7.75. The molecule has 29 heavy (non-hydrogen) atoms. The summed E-state index contributed by atoms with van der Waals surface area (Å²) in [4.78, 5) is 27.5. The Kier molecular flexibility index (Phi) is 5.89. The minimum absolute atomic E-state index is 0.0983. The third-order valence-electron chi connectivity index (χ3n) is 5.56. The van der Waals surface area contributed by atoms with Gasteiger partial charge in [0.2, 0.25) is 5.91 Å². The van der Waals surface area contributed by atoms with Crippen LogP contribution in [-0.4, -0.2) is 34.2 Å². The Bertz CT molecular complexity index is 839. The lowest BCUT2D eigenvalue weighted by Gasteiger charge is -2.38. The van der Waals surface area contributed by atoms with Crippen molar-refractivity contribution in [2.45, 2.75) is 38.5 Å². The lowest BCUT2D eigenvalue weighted by Crippen LogP contribution is -2.52. The molecule has 2 aromatic rings. The highest BCUT2D eigenvalue weighted by Gasteiger charge is 2.59. The molecule has 0 radical (unpaired) electrons. The van der Waals surface area contributed by atoms with Gasteiger partial charge in [-0.15, -0.1) is 6.58 Å². The molecular formula is C24H27NO4. The maximum absolute atomic E-state index is 13.2. The van der Waals surface area contributed by atoms with Gasteiger partial charge in [0.25, 0.3) is 0 Å². The van der Waals surface area contributed by atoms with Gasteiger partial charge in [-0.2, -0.15) is 0 Å². The number of imide groups is 1. The van der Waals surface area contributed by atoms with Gasteiger partial charge in [-0.1, -0.05) is 87.5 Å². The van der Waals surface area contributed by atoms with E-state index in [0.717, 1.165) is 11.1 Å². The fourth-order valence-electron chi connectivity index (χ4n) is 4.10. The fourth-order valence-corrected chi connectivity index (χ4v) is 4.10. The lowest BCUT2D eigenvalue weighted by molar-refractivity contribution is -0.136. The predicted octanol–water partition coefficient (Wildman–Crippen LogP) is 4.12. The van der Waals surface area contributed by atoms with Crippen LogP contribution in [-0.2, 0) is 15.1 Å². The standard InChI is InChI=1S/C24H27NO4/c1-5-20(26)17(4)22(27)25-21(16(2)3)24(29-23(25)28,18-12-8-6-9-13-18)19-14-10-7-11-15-19/h5-17,20-21,26H,1H2,2-4H3. The van der Waals surface area contributed by atoms with E-state index in [4.69, 9.17) is 4.74 Å². The summed E-state index contributed by atoms with van der Waals surface area (Å²) < 4.78 is 6.05. The SMILES string of the molecule is C=CC(O)C(C)C(=O)N1C(=O)OC(c2ccccc2)(c2ccccc2)C1C(C)C. The molecule has 0 saturated carbocycles. The maximum atomic E-state index is 13.2. The number of carbonyl (C=O) groups is 2. The number of cyclic esters (lactones) is 1. The number of hydrogen-bond acceptors (Lipinski definition) is 4. The van der Waals surface area contributed by atoms with Crippen LogP contribution in [0.4, 0.5) is 4.79 Å². The van der Waals surface area contributed by atoms with Crippen molar-refractivity contribution in [3.05, 3.63) is 84.4 Å². The van der Waals surface area contributed by atoms with Crippen molar-refractivity contribution in [3.8, 4) is 0 Å². The number of nitrogens with zero attached hydrogens (tertiary/aromatic N) is 1. The van der Waals surface area contributed by atoms with Crippen LogP contribution in [0.5, 0.6) is 0 Å². The molecule has 3 unspecified atom stereocenters. The molecule has 5 nitrogen and oxygen atoms in total. The molecule has 0 bridgehead atoms. The van der Waals surface area contributed by atoms with Crippen molar-refractivity contribution in [1.29, 1.82) is 0 Å². The van der Waals surface area contributed by atoms with E-state index in [9.17, 15) is 14.7 Å². The first kappa shape index (κ1) is 20.8. The molecule has 1 heterocycles. The van der Waals surface area contributed by atoms with E-state index >= 15 is 0 Å². The minimum atomic E-state index is -1.14. The van der Waals surface area contributed by atoms with E-state index in [-0.39, 0.29) is 5.92 Å². The highest BCUT2D eigenvalue weighted by molar-refractivity contribution is 5.96. The van der Waals surface area contributed by atoms with E-state index < -0.39 is 35.7 Å². The molecule has 0 aromatic heterocycles. The molecule has 3 atom stereocenters. The van der Waals surface area contributed by atoms with E-state index in [2.05, 4.69) is 6.58 Å². The quantitative estimate of drug-likeness (QED) is 0.750. The Morgan fingerprint density at radius 2 is 1.55 bits per heavy atom. The van der Waals surface area contributed by atoms with Crippen LogP contribution in [0.2, 0.25) is 0 Å². The molecule has 2 aromatic carbocycles. The number of carbonyl (C=O) groups excluding carboxylic acids is 2. The summed E-state index contributed by atoms with van der Waals surface area (Å²) in [6.07, 6.45) is -0.452. The number of benzene rings is 2. The number of rotatable bonds is 6. The van der Waals surface area contributed by atoms with Crippen molar-refractivity contribution in [1.82, 2.24) is 4.90 Å². The summed E-state index contributed by atoms with van der Waals surface area (Å²) in [6, 6.07) is 18.4. The molecule has 152 valence electrons. The smallest absolute Gasteiger partial charge is 0.418 e. The molecule has 1 saturated heterocycles. The van der Waals surface area contributed by atoms with E-state index in [1.807, 2.05) is 74.5 Å². The van der Waals surface area contributed by atoms with Gasteiger partial charge in [0.1, 0.15) is 0 Å². The average molecular weight is 393 g/mol. The van der Waals surface area contributed by atoms with E-state index in [1.54, 1.807) is 6.92 Å². The normalized spacial score (nSPS) is 20.2. The van der Waals surface area contributed by atoms with Crippen molar-refractivity contribution >= 4 is 12.0 Å². The molecule has 3 rings (SSSR count). The van der Waals surface area contributed by atoms with Gasteiger partial charge in [0.15, 0.2) is 5.60 Å². The molecule has 1 aliphatic rings. The van der Waals surface area contributed by atoms with Gasteiger partial charge in [-0.3, -0.25) is 4.79 Å². The molecule has 1 N–H and O–H groups in total. The zero-order valence-corrected chi connectivity index (χ0v) is 17.0. The van der Waals surface area contributed by atoms with E-state index in [0.29, 0.717) is 0 Å². The van der Waals surface area contributed by atoms with Gasteiger partial charge >= 0.3 is 6.09 Å². The first-order valence-electron chi connectivity index (χ1n) is 9.82. The summed E-state index contributed by atoms with van der Waals surface area (Å²) in [5.74, 6) is -1.39. The van der Waals surface area contributed by atoms with Crippen molar-refractivity contribution in [2.24, 2.45) is 11.8 Å². The first-order chi connectivity index (χ1) is 13.8. The Balaban J connectivity index is 2.20. The number of hydrogen-bond donors (Lipinski definition) is 1. The number of ether oxygens (including phenoxy) is 1. The fraction of sp³-hybridized carbons (Fsp3) is 0.333. The molecule has 1 fully saturated rings. The van der Waals surface area contributed by atoms with Gasteiger partial charge in [-0.05, 0) is 5.92 Å². The van der Waals surface area contributed by atoms with Crippen molar-refractivity contribution in [3.63, 3.8) is 0 Å². The summed E-state index contributed by atoms with van der Waals surface area (Å²) in [5.41, 5.74) is 0.457. The van der Waals surface area contributed by atoms with E-state index in [1.165, 1.54) is 11.0 Å². The summed E-state index contributed by atoms with van der Waals surface area (Å²) in [5, 5.41) is 10.1. The third kappa shape index (κ3) is 3.47. The largest absolute Gasteiger partial charge is 0.430 e. The molecule has 0 aliphatic carbocycles. The van der Waals surface area contributed by atoms with Crippen LogP contribution in [0.15, 0.2) is 73.3 Å². The van der Waals surface area contributed by atoms with Gasteiger partial charge < -0.3 is 9.84 Å². The second-order valence-electron chi connectivity index (χ2n) is 7.75. The Morgan fingerprint density at radius 3 is 1.97 bits per heavy atom. The molecule has 5 heteroatoms. The van der Waals surface area contributed by atoms with Gasteiger partial charge in [0.05, 0.1) is 18.1 Å². The molecule has 2 amide bonds. The Labute approximate surface area is 171 Å². The van der Waals surface area contributed by atoms with Crippen LogP contribution in [0.25, 0.3) is 0 Å². The Hall–Kier alpha value is -2.92. The topological polar surface area (TPSA) is 66.8 Å². The molecular weight excluding hydrogens is 366 g/mol. The average Bonchev–Trinajstić information content (AvgIpc) is 3.07. The van der Waals surface area contributed by atoms with Crippen LogP contribution in [0.1, 0.15) is 31.9 Å². The number of amides is 2. The van der Waals surface area contributed by atoms with Crippen molar-refractivity contribution in [2.75, 3.05) is 0 Å². The predicted molar refractivity (Wildman–Crippen MR) is 111 cm³/mol. The summed E-state index contributed by atoms with van der Waals surface area (Å²) in [6.45, 7) is 9.06. The third-order valence-corrected chi connectivity index (χ3v) is 5.56. The zero-order chi connectivity index (χ0) is 21.2. The minimum Gasteiger partial charge on any atom is -0.430 e. The lowest BCUT2D eigenvalue weighted by atomic mass is 9.75. The van der Waals surface area contributed by atoms with Crippen LogP contribution < -0.4 is 0 Å². The first-order valence-corrected chi connectivity index (χ1v) is 9.82. The molecule has 1 aliphatic heterocycles. The van der Waals surface area contributed by atoms with Gasteiger partial charge in [0, 0.05) is 11.1 Å². The monoisotopic (exact) mass is 393 g/mol. The van der Waals surface area contributed by atoms with Crippen LogP contribution in [0, 0.1) is 11.8 Å². The second kappa shape index (κ2) is 8.21. The number of aliphatic hydroxyl groups excluding tert-OH is 1. The zero-order valence-electron chi connectivity index (χ0n) is 17.0. The maximum Gasteiger partial charge on any atom is 0.418 e. The van der Waals surface area contributed by atoms with Gasteiger partial charge in [-0.25, -0.2) is 9.69 Å². The highest BCUT2D eigenvalue weighted by Crippen LogP contribution is 2.47. The summed E-state index contributed by atoms with van der Waals surface area (Å²) in [7, 11) is 0. The van der Waals surface area contributed by atoms with Crippen LogP contribution in [0.3, 0.4) is 0 Å². The van der Waals surface area contributed by atoms with Crippen molar-refractivity contribution < 1.29 is 19.4 Å². The Morgan fingerprint density at radius 1 is 1.07 bits per heavy atom. The van der Waals surface area contributed by atoms with Crippen LogP contribution >= 0.6 is 0 Å².